The molecule has 0 bridgehead atoms. The third-order valence-corrected chi connectivity index (χ3v) is 6.90. The predicted molar refractivity (Wildman–Crippen MR) is 138 cm³/mol. The maximum Gasteiger partial charge on any atom is 0.410 e. The molecule has 1 aliphatic carbocycles. The molecule has 1 fully saturated rings. The summed E-state index contributed by atoms with van der Waals surface area (Å²) in [6.07, 6.45) is 15.5. The van der Waals surface area contributed by atoms with Gasteiger partial charge in [0.05, 0.1) is 29.8 Å². The van der Waals surface area contributed by atoms with Gasteiger partial charge in [-0.25, -0.2) is 19.3 Å². The summed E-state index contributed by atoms with van der Waals surface area (Å²) in [5.74, 6) is 0.664. The Labute approximate surface area is 211 Å². The van der Waals surface area contributed by atoms with E-state index in [0.29, 0.717) is 11.5 Å². The van der Waals surface area contributed by atoms with Crippen LogP contribution >= 0.6 is 0 Å². The minimum Gasteiger partial charge on any atom is -0.444 e. The highest BCUT2D eigenvalue weighted by Crippen LogP contribution is 2.33. The van der Waals surface area contributed by atoms with Crippen LogP contribution in [0.4, 0.5) is 16.3 Å². The van der Waals surface area contributed by atoms with E-state index in [1.807, 2.05) is 48.9 Å². The van der Waals surface area contributed by atoms with Crippen molar-refractivity contribution in [2.24, 2.45) is 0 Å². The van der Waals surface area contributed by atoms with Crippen molar-refractivity contribution >= 4 is 28.8 Å². The Hall–Kier alpha value is -3.43. The first kappa shape index (κ1) is 24.3. The van der Waals surface area contributed by atoms with Gasteiger partial charge < -0.3 is 15.0 Å². The van der Waals surface area contributed by atoms with Gasteiger partial charge in [-0.15, -0.1) is 0 Å². The minimum atomic E-state index is -0.509. The van der Waals surface area contributed by atoms with Crippen molar-refractivity contribution in [3.05, 3.63) is 36.7 Å². The maximum absolute atomic E-state index is 12.8. The fourth-order valence-corrected chi connectivity index (χ4v) is 5.31. The number of rotatable bonds is 4. The average molecular weight is 493 g/mol. The highest BCUT2D eigenvalue weighted by molar-refractivity contribution is 5.73. The summed E-state index contributed by atoms with van der Waals surface area (Å²) < 4.78 is 9.42. The molecule has 10 nitrogen and oxygen atoms in total. The van der Waals surface area contributed by atoms with E-state index in [9.17, 15) is 4.79 Å². The summed E-state index contributed by atoms with van der Waals surface area (Å²) >= 11 is 0. The monoisotopic (exact) mass is 492 g/mol. The van der Waals surface area contributed by atoms with Gasteiger partial charge in [-0.1, -0.05) is 6.08 Å². The van der Waals surface area contributed by atoms with Crippen molar-refractivity contribution < 1.29 is 9.53 Å². The van der Waals surface area contributed by atoms with Crippen LogP contribution in [0, 0.1) is 0 Å². The lowest BCUT2D eigenvalue weighted by molar-refractivity contribution is -0.00692. The Bertz CT molecular complexity index is 1260. The van der Waals surface area contributed by atoms with Crippen LogP contribution in [-0.4, -0.2) is 58.0 Å². The Balaban J connectivity index is 1.32. The number of ether oxygens (including phenoxy) is 1. The van der Waals surface area contributed by atoms with Crippen LogP contribution < -0.4 is 5.32 Å². The average Bonchev–Trinajstić information content (AvgIpc) is 3.47. The Morgan fingerprint density at radius 1 is 1.11 bits per heavy atom. The number of nitrogens with zero attached hydrogens (tertiary/aromatic N) is 7. The van der Waals surface area contributed by atoms with Gasteiger partial charge >= 0.3 is 6.09 Å². The number of nitrogens with one attached hydrogen (secondary N) is 1. The molecule has 0 radical (unpaired) electrons. The standard InChI is InChI=1S/C26H36N8O2/c1-17-11-21(12-18(2)34(17)25(35)36-26(3,4)5)32-14-20(13-28-32)30-23-24-27-16-29-33(24)15-22(31-23)19-9-7-6-8-10-19/h9,13-18,21H,6-8,10-12H2,1-5H3,(H,30,31)/t17-,18+,21-. The molecule has 5 rings (SSSR count). The quantitative estimate of drug-likeness (QED) is 0.522. The summed E-state index contributed by atoms with van der Waals surface area (Å²) in [6, 6.07) is 0.280. The Morgan fingerprint density at radius 3 is 2.58 bits per heavy atom. The van der Waals surface area contributed by atoms with Gasteiger partial charge in [-0.05, 0) is 78.7 Å². The summed E-state index contributed by atoms with van der Waals surface area (Å²) in [7, 11) is 0. The number of hydrogen-bond donors (Lipinski definition) is 1. The lowest BCUT2D eigenvalue weighted by atomic mass is 9.93. The van der Waals surface area contributed by atoms with E-state index in [0.717, 1.165) is 37.1 Å². The molecule has 10 heteroatoms. The molecule has 1 amide bonds. The molecule has 192 valence electrons. The molecule has 4 heterocycles. The van der Waals surface area contributed by atoms with Gasteiger partial charge in [-0.2, -0.15) is 10.2 Å². The van der Waals surface area contributed by atoms with Crippen LogP contribution in [0.1, 0.15) is 84.9 Å². The molecular formula is C26H36N8O2. The predicted octanol–water partition coefficient (Wildman–Crippen LogP) is 5.37. The van der Waals surface area contributed by atoms with Crippen molar-refractivity contribution in [3.8, 4) is 0 Å². The molecule has 1 saturated heterocycles. The number of fused-ring (bicyclic) bond motifs is 1. The highest BCUT2D eigenvalue weighted by Gasteiger charge is 2.37. The molecule has 3 atom stereocenters. The third kappa shape index (κ3) is 5.08. The van der Waals surface area contributed by atoms with Crippen LogP contribution in [0.25, 0.3) is 11.2 Å². The van der Waals surface area contributed by atoms with Crippen LogP contribution in [0.3, 0.4) is 0 Å². The van der Waals surface area contributed by atoms with Gasteiger partial charge in [0.2, 0.25) is 0 Å². The second-order valence-electron chi connectivity index (χ2n) is 11.0. The second kappa shape index (κ2) is 9.55. The van der Waals surface area contributed by atoms with Gasteiger partial charge in [-0.3, -0.25) is 4.68 Å². The Kier molecular flexibility index (Phi) is 6.44. The summed E-state index contributed by atoms with van der Waals surface area (Å²) in [5, 5.41) is 12.4. The van der Waals surface area contributed by atoms with Crippen molar-refractivity contribution in [3.63, 3.8) is 0 Å². The zero-order valence-corrected chi connectivity index (χ0v) is 21.8. The minimum absolute atomic E-state index is 0.0481. The molecule has 0 saturated carbocycles. The lowest BCUT2D eigenvalue weighted by Gasteiger charge is -2.42. The first-order valence-electron chi connectivity index (χ1n) is 12.9. The lowest BCUT2D eigenvalue weighted by Crippen LogP contribution is -2.51. The van der Waals surface area contributed by atoms with Gasteiger partial charge in [0.1, 0.15) is 11.9 Å². The van der Waals surface area contributed by atoms with E-state index >= 15 is 0 Å². The molecule has 0 aromatic carbocycles. The number of allylic oxidation sites excluding steroid dienone is 2. The fourth-order valence-electron chi connectivity index (χ4n) is 5.31. The Morgan fingerprint density at radius 2 is 1.89 bits per heavy atom. The summed E-state index contributed by atoms with van der Waals surface area (Å²) in [6.45, 7) is 9.85. The van der Waals surface area contributed by atoms with E-state index in [1.165, 1.54) is 18.4 Å². The number of likely N-dealkylation sites (tertiary alicyclic amines) is 1. The topological polar surface area (TPSA) is 102 Å². The summed E-state index contributed by atoms with van der Waals surface area (Å²) in [5.41, 5.74) is 3.20. The number of piperidine rings is 1. The second-order valence-corrected chi connectivity index (χ2v) is 11.0. The van der Waals surface area contributed by atoms with Gasteiger partial charge in [0.15, 0.2) is 11.5 Å². The fraction of sp³-hybridized carbons (Fsp3) is 0.577. The van der Waals surface area contributed by atoms with Crippen LogP contribution in [0.2, 0.25) is 0 Å². The number of carbonyl (C=O) groups excluding carboxylic acids is 1. The normalized spacial score (nSPS) is 23.0. The van der Waals surface area contributed by atoms with Gasteiger partial charge in [0.25, 0.3) is 0 Å². The van der Waals surface area contributed by atoms with Crippen LogP contribution in [0.5, 0.6) is 0 Å². The highest BCUT2D eigenvalue weighted by atomic mass is 16.6. The van der Waals surface area contributed by atoms with Gasteiger partial charge in [0, 0.05) is 18.3 Å². The molecule has 1 N–H and O–H groups in total. The molecule has 0 unspecified atom stereocenters. The number of anilines is 2. The number of hydrogen-bond acceptors (Lipinski definition) is 7. The molecule has 3 aromatic heterocycles. The number of carbonyl (C=O) groups is 1. The third-order valence-electron chi connectivity index (χ3n) is 6.90. The maximum atomic E-state index is 12.8. The largest absolute Gasteiger partial charge is 0.444 e. The summed E-state index contributed by atoms with van der Waals surface area (Å²) in [4.78, 5) is 23.9. The van der Waals surface area contributed by atoms with E-state index < -0.39 is 5.60 Å². The van der Waals surface area contributed by atoms with E-state index in [1.54, 1.807) is 10.8 Å². The smallest absolute Gasteiger partial charge is 0.410 e. The first-order valence-corrected chi connectivity index (χ1v) is 12.9. The first-order chi connectivity index (χ1) is 17.2. The van der Waals surface area contributed by atoms with E-state index in [2.05, 4.69) is 40.4 Å². The van der Waals surface area contributed by atoms with E-state index in [-0.39, 0.29) is 24.2 Å². The van der Waals surface area contributed by atoms with Crippen molar-refractivity contribution in [1.29, 1.82) is 0 Å². The molecule has 36 heavy (non-hydrogen) atoms. The SMILES string of the molecule is C[C@@H]1C[C@@H](n2cc(Nc3nc(C4=CCCCC4)cn4ncnc34)cn2)C[C@H](C)N1C(=O)OC(C)(C)C. The molecule has 3 aromatic rings. The molecule has 1 aliphatic heterocycles. The zero-order chi connectivity index (χ0) is 25.4. The zero-order valence-electron chi connectivity index (χ0n) is 21.8. The number of aromatic nitrogens is 6. The van der Waals surface area contributed by atoms with Crippen molar-refractivity contribution in [2.45, 2.75) is 96.9 Å². The molecule has 2 aliphatic rings. The van der Waals surface area contributed by atoms with Crippen molar-refractivity contribution in [1.82, 2.24) is 34.3 Å². The number of amides is 1. The van der Waals surface area contributed by atoms with Crippen molar-refractivity contribution in [2.75, 3.05) is 5.32 Å². The van der Waals surface area contributed by atoms with Crippen LogP contribution in [-0.2, 0) is 4.74 Å². The molecular weight excluding hydrogens is 456 g/mol. The van der Waals surface area contributed by atoms with Crippen LogP contribution in [0.15, 0.2) is 31.0 Å². The molecule has 0 spiro atoms. The van der Waals surface area contributed by atoms with E-state index in [4.69, 9.17) is 9.72 Å².